The second-order valence-corrected chi connectivity index (χ2v) is 8.98. The van der Waals surface area contributed by atoms with Crippen LogP contribution >= 0.6 is 11.8 Å². The number of anilines is 1. The molecule has 5 rings (SSSR count). The number of thioether (sulfide) groups is 1. The van der Waals surface area contributed by atoms with Crippen molar-refractivity contribution in [2.24, 2.45) is 9.98 Å². The molecule has 3 heterocycles. The highest BCUT2D eigenvalue weighted by Crippen LogP contribution is 2.33. The first-order valence-corrected chi connectivity index (χ1v) is 11.9. The Morgan fingerprint density at radius 3 is 2.61 bits per heavy atom. The molecule has 0 aromatic heterocycles. The van der Waals surface area contributed by atoms with Crippen molar-refractivity contribution in [3.8, 4) is 5.75 Å². The first kappa shape index (κ1) is 21.5. The summed E-state index contributed by atoms with van der Waals surface area (Å²) in [5.41, 5.74) is 2.67. The van der Waals surface area contributed by atoms with Crippen LogP contribution in [0.1, 0.15) is 12.5 Å². The number of carbonyl (C=O) groups excluding carboxylic acids is 2. The van der Waals surface area contributed by atoms with Crippen LogP contribution in [0.15, 0.2) is 58.5 Å². The van der Waals surface area contributed by atoms with Crippen LogP contribution < -0.4 is 9.64 Å². The molecule has 2 amide bonds. The molecule has 0 aliphatic carbocycles. The van der Waals surface area contributed by atoms with Gasteiger partial charge in [0.05, 0.1) is 24.2 Å². The van der Waals surface area contributed by atoms with Gasteiger partial charge in [-0.15, -0.1) is 0 Å². The Hall–Kier alpha value is -3.33. The van der Waals surface area contributed by atoms with Gasteiger partial charge in [0.25, 0.3) is 5.91 Å². The number of hydrogen-bond donors (Lipinski definition) is 0. The lowest BCUT2D eigenvalue weighted by molar-refractivity contribution is -0.128. The van der Waals surface area contributed by atoms with Gasteiger partial charge in [-0.1, -0.05) is 36.0 Å². The first-order valence-electron chi connectivity index (χ1n) is 10.9. The SMILES string of the molecule is COc1ccccc1N1CCN(C(=O)CSC2=Nc3ccccc3C3=NC(C)C(=O)N23)CC1. The lowest BCUT2D eigenvalue weighted by Crippen LogP contribution is -2.49. The van der Waals surface area contributed by atoms with Crippen molar-refractivity contribution < 1.29 is 14.3 Å². The molecule has 0 radical (unpaired) electrons. The maximum absolute atomic E-state index is 13.0. The minimum Gasteiger partial charge on any atom is -0.495 e. The monoisotopic (exact) mass is 463 g/mol. The van der Waals surface area contributed by atoms with Gasteiger partial charge in [0.1, 0.15) is 17.6 Å². The molecule has 33 heavy (non-hydrogen) atoms. The number of hydrogen-bond acceptors (Lipinski definition) is 7. The summed E-state index contributed by atoms with van der Waals surface area (Å²) in [6.45, 7) is 4.54. The van der Waals surface area contributed by atoms with Crippen LogP contribution in [0.5, 0.6) is 5.75 Å². The number of methoxy groups -OCH3 is 1. The summed E-state index contributed by atoms with van der Waals surface area (Å²) in [6.07, 6.45) is 0. The van der Waals surface area contributed by atoms with E-state index in [1.54, 1.807) is 18.9 Å². The summed E-state index contributed by atoms with van der Waals surface area (Å²) in [6, 6.07) is 15.1. The summed E-state index contributed by atoms with van der Waals surface area (Å²) >= 11 is 1.30. The molecule has 2 aromatic carbocycles. The molecular formula is C24H25N5O3S. The molecule has 1 fully saturated rings. The number of nitrogens with zero attached hydrogens (tertiary/aromatic N) is 5. The molecule has 0 N–H and O–H groups in total. The van der Waals surface area contributed by atoms with E-state index in [0.717, 1.165) is 35.8 Å². The Bertz CT molecular complexity index is 1160. The lowest BCUT2D eigenvalue weighted by Gasteiger charge is -2.36. The van der Waals surface area contributed by atoms with Gasteiger partial charge in [0, 0.05) is 31.7 Å². The standard InChI is InChI=1S/C24H25N5O3S/c1-16-23(31)29-22(25-16)17-7-3-4-8-18(17)26-24(29)33-15-21(30)28-13-11-27(12-14-28)19-9-5-6-10-20(19)32-2/h3-10,16H,11-15H2,1-2H3. The molecule has 3 aliphatic heterocycles. The highest BCUT2D eigenvalue weighted by molar-refractivity contribution is 8.14. The van der Waals surface area contributed by atoms with Crippen LogP contribution in [0.25, 0.3) is 0 Å². The van der Waals surface area contributed by atoms with E-state index < -0.39 is 6.04 Å². The van der Waals surface area contributed by atoms with Crippen LogP contribution in [0, 0.1) is 0 Å². The van der Waals surface area contributed by atoms with E-state index in [2.05, 4.69) is 14.9 Å². The van der Waals surface area contributed by atoms with Gasteiger partial charge in [-0.05, 0) is 31.2 Å². The normalized spacial score (nSPS) is 19.6. The predicted octanol–water partition coefficient (Wildman–Crippen LogP) is 2.76. The zero-order valence-electron chi connectivity index (χ0n) is 18.6. The molecule has 170 valence electrons. The maximum atomic E-state index is 13.0. The van der Waals surface area contributed by atoms with E-state index in [0.29, 0.717) is 24.1 Å². The second-order valence-electron chi connectivity index (χ2n) is 8.04. The summed E-state index contributed by atoms with van der Waals surface area (Å²) in [5, 5.41) is 0.516. The summed E-state index contributed by atoms with van der Waals surface area (Å²) in [4.78, 5) is 40.6. The topological polar surface area (TPSA) is 77.8 Å². The fraction of sp³-hybridized carbons (Fsp3) is 0.333. The number of amidine groups is 2. The third-order valence-corrected chi connectivity index (χ3v) is 6.96. The molecule has 2 aromatic rings. The summed E-state index contributed by atoms with van der Waals surface area (Å²) in [7, 11) is 1.67. The van der Waals surface area contributed by atoms with E-state index in [1.165, 1.54) is 11.8 Å². The van der Waals surface area contributed by atoms with Crippen LogP contribution in [-0.2, 0) is 9.59 Å². The van der Waals surface area contributed by atoms with Crippen LogP contribution in [0.3, 0.4) is 0 Å². The molecule has 1 atom stereocenters. The average Bonchev–Trinajstić information content (AvgIpc) is 3.17. The largest absolute Gasteiger partial charge is 0.495 e. The second kappa shape index (κ2) is 8.90. The molecule has 8 nitrogen and oxygen atoms in total. The van der Waals surface area contributed by atoms with Gasteiger partial charge in [0.2, 0.25) is 5.91 Å². The molecule has 3 aliphatic rings. The molecule has 0 saturated carbocycles. The Balaban J connectivity index is 1.24. The van der Waals surface area contributed by atoms with Crippen molar-refractivity contribution >= 4 is 46.0 Å². The van der Waals surface area contributed by atoms with Crippen LogP contribution in [-0.4, -0.2) is 77.7 Å². The van der Waals surface area contributed by atoms with Gasteiger partial charge in [-0.3, -0.25) is 14.6 Å². The number of fused-ring (bicyclic) bond motifs is 3. The number of carbonyl (C=O) groups is 2. The number of ether oxygens (including phenoxy) is 1. The molecule has 0 bridgehead atoms. The molecule has 1 saturated heterocycles. The summed E-state index contributed by atoms with van der Waals surface area (Å²) < 4.78 is 5.47. The van der Waals surface area contributed by atoms with Gasteiger partial charge >= 0.3 is 0 Å². The average molecular weight is 464 g/mol. The fourth-order valence-electron chi connectivity index (χ4n) is 4.28. The Morgan fingerprint density at radius 2 is 1.82 bits per heavy atom. The number of aliphatic imine (C=N–C) groups is 2. The smallest absolute Gasteiger partial charge is 0.258 e. The highest BCUT2D eigenvalue weighted by atomic mass is 32.2. The van der Waals surface area contributed by atoms with E-state index in [9.17, 15) is 9.59 Å². The fourth-order valence-corrected chi connectivity index (χ4v) is 5.18. The zero-order chi connectivity index (χ0) is 22.9. The van der Waals surface area contributed by atoms with Gasteiger partial charge in [-0.25, -0.2) is 9.89 Å². The number of para-hydroxylation sites is 3. The molecule has 0 spiro atoms. The third-order valence-electron chi connectivity index (χ3n) is 6.04. The van der Waals surface area contributed by atoms with Gasteiger partial charge < -0.3 is 14.5 Å². The van der Waals surface area contributed by atoms with Gasteiger partial charge in [0.15, 0.2) is 5.17 Å². The highest BCUT2D eigenvalue weighted by Gasteiger charge is 2.39. The van der Waals surface area contributed by atoms with Crippen molar-refractivity contribution in [1.29, 1.82) is 0 Å². The number of benzene rings is 2. The number of piperazine rings is 1. The predicted molar refractivity (Wildman–Crippen MR) is 131 cm³/mol. The first-order chi connectivity index (χ1) is 16.1. The number of amides is 2. The van der Waals surface area contributed by atoms with Crippen LogP contribution in [0.2, 0.25) is 0 Å². The van der Waals surface area contributed by atoms with Crippen molar-refractivity contribution in [2.45, 2.75) is 13.0 Å². The lowest BCUT2D eigenvalue weighted by atomic mass is 10.1. The Morgan fingerprint density at radius 1 is 1.09 bits per heavy atom. The Kier molecular flexibility index (Phi) is 5.80. The van der Waals surface area contributed by atoms with E-state index >= 15 is 0 Å². The van der Waals surface area contributed by atoms with Gasteiger partial charge in [-0.2, -0.15) is 0 Å². The minimum atomic E-state index is -0.448. The minimum absolute atomic E-state index is 0.0411. The number of rotatable bonds is 4. The molecule has 1 unspecified atom stereocenters. The Labute approximate surface area is 196 Å². The van der Waals surface area contributed by atoms with Crippen molar-refractivity contribution in [3.05, 3.63) is 54.1 Å². The van der Waals surface area contributed by atoms with Crippen molar-refractivity contribution in [1.82, 2.24) is 9.80 Å². The van der Waals surface area contributed by atoms with Crippen molar-refractivity contribution in [2.75, 3.05) is 43.9 Å². The summed E-state index contributed by atoms with van der Waals surface area (Å²) in [5.74, 6) is 1.62. The van der Waals surface area contributed by atoms with Crippen molar-refractivity contribution in [3.63, 3.8) is 0 Å². The van der Waals surface area contributed by atoms with E-state index in [-0.39, 0.29) is 17.6 Å². The van der Waals surface area contributed by atoms with E-state index in [4.69, 9.17) is 4.74 Å². The molecule has 9 heteroatoms. The maximum Gasteiger partial charge on any atom is 0.258 e. The van der Waals surface area contributed by atoms with Crippen LogP contribution in [0.4, 0.5) is 11.4 Å². The third kappa shape index (κ3) is 3.97. The quantitative estimate of drug-likeness (QED) is 0.697. The molecular weight excluding hydrogens is 438 g/mol. The zero-order valence-corrected chi connectivity index (χ0v) is 19.4. The van der Waals surface area contributed by atoms with E-state index in [1.807, 2.05) is 53.4 Å².